The highest BCUT2D eigenvalue weighted by Gasteiger charge is 2.41. The van der Waals surface area contributed by atoms with Crippen LogP contribution in [0.5, 0.6) is 5.88 Å². The molecule has 2 aliphatic heterocycles. The number of carbonyl (C=O) groups excluding carboxylic acids is 1. The molecule has 4 heterocycles. The number of hydrogen-bond acceptors (Lipinski definition) is 6. The number of alkyl halides is 3. The van der Waals surface area contributed by atoms with Crippen LogP contribution in [-0.2, 0) is 6.18 Å². The van der Waals surface area contributed by atoms with Crippen molar-refractivity contribution in [1.29, 1.82) is 0 Å². The number of aryl methyl sites for hydroxylation is 2. The van der Waals surface area contributed by atoms with Crippen LogP contribution in [0.4, 0.5) is 13.2 Å². The van der Waals surface area contributed by atoms with Gasteiger partial charge in [-0.2, -0.15) is 13.2 Å². The van der Waals surface area contributed by atoms with Gasteiger partial charge in [0.05, 0.1) is 22.5 Å². The molecule has 1 amide bonds. The summed E-state index contributed by atoms with van der Waals surface area (Å²) in [4.78, 5) is 30.4. The Labute approximate surface area is 238 Å². The van der Waals surface area contributed by atoms with Crippen LogP contribution in [0.1, 0.15) is 71.6 Å². The number of hydrogen-bond donors (Lipinski definition) is 0. The fraction of sp³-hybridized carbons (Fsp3) is 0.484. The monoisotopic (exact) mass is 567 g/mol. The summed E-state index contributed by atoms with van der Waals surface area (Å²) in [7, 11) is 0. The molecule has 1 aromatic carbocycles. The summed E-state index contributed by atoms with van der Waals surface area (Å²) in [6, 6.07) is 10.7. The second-order valence-electron chi connectivity index (χ2n) is 11.4. The van der Waals surface area contributed by atoms with E-state index in [1.165, 1.54) is 18.5 Å². The Morgan fingerprint density at radius 2 is 1.59 bits per heavy atom. The Hall–Kier alpha value is -3.53. The highest BCUT2D eigenvalue weighted by Crippen LogP contribution is 2.39. The molecule has 2 saturated heterocycles. The zero-order valence-electron chi connectivity index (χ0n) is 23.7. The van der Waals surface area contributed by atoms with Gasteiger partial charge < -0.3 is 9.64 Å². The summed E-state index contributed by atoms with van der Waals surface area (Å²) in [5.74, 6) is 0.574. The summed E-state index contributed by atoms with van der Waals surface area (Å²) in [6.07, 6.45) is 1.76. The molecular weight excluding hydrogens is 531 g/mol. The molecule has 41 heavy (non-hydrogen) atoms. The molecule has 10 heteroatoms. The van der Waals surface area contributed by atoms with Crippen LogP contribution in [0.2, 0.25) is 0 Å². The molecule has 3 aromatic rings. The van der Waals surface area contributed by atoms with Gasteiger partial charge in [-0.1, -0.05) is 18.2 Å². The predicted molar refractivity (Wildman–Crippen MR) is 148 cm³/mol. The van der Waals surface area contributed by atoms with Crippen LogP contribution in [0.15, 0.2) is 55.0 Å². The third-order valence-corrected chi connectivity index (χ3v) is 8.75. The SMILES string of the molecule is Cc1ncnc(C)c1C(=O)N1CCC(C)(N2CCC(C(Oc3ccccn3)c3ccc(C(F)(F)F)cc3)CC2)CC1. The van der Waals surface area contributed by atoms with Crippen molar-refractivity contribution in [3.05, 3.63) is 83.1 Å². The number of likely N-dealkylation sites (tertiary alicyclic amines) is 2. The number of pyridine rings is 1. The summed E-state index contributed by atoms with van der Waals surface area (Å²) >= 11 is 0. The Kier molecular flexibility index (Phi) is 8.31. The molecular formula is C31H36F3N5O2. The molecule has 0 aliphatic carbocycles. The summed E-state index contributed by atoms with van der Waals surface area (Å²) < 4.78 is 45.9. The van der Waals surface area contributed by atoms with E-state index in [1.54, 1.807) is 18.3 Å². The highest BCUT2D eigenvalue weighted by atomic mass is 19.4. The van der Waals surface area contributed by atoms with Crippen molar-refractivity contribution < 1.29 is 22.7 Å². The van der Waals surface area contributed by atoms with Crippen LogP contribution in [-0.4, -0.2) is 62.4 Å². The topological polar surface area (TPSA) is 71.5 Å². The molecule has 1 unspecified atom stereocenters. The molecule has 2 fully saturated rings. The number of halogens is 3. The zero-order valence-corrected chi connectivity index (χ0v) is 23.7. The van der Waals surface area contributed by atoms with Crippen molar-refractivity contribution >= 4 is 5.91 Å². The van der Waals surface area contributed by atoms with Crippen LogP contribution in [0, 0.1) is 19.8 Å². The lowest BCUT2D eigenvalue weighted by Crippen LogP contribution is -2.56. The number of nitrogens with zero attached hydrogens (tertiary/aromatic N) is 5. The second-order valence-corrected chi connectivity index (χ2v) is 11.4. The first-order valence-electron chi connectivity index (χ1n) is 14.1. The normalized spacial score (nSPS) is 19.1. The van der Waals surface area contributed by atoms with E-state index >= 15 is 0 Å². The molecule has 7 nitrogen and oxygen atoms in total. The lowest BCUT2D eigenvalue weighted by atomic mass is 9.82. The number of benzene rings is 1. The van der Waals surface area contributed by atoms with Crippen LogP contribution >= 0.6 is 0 Å². The van der Waals surface area contributed by atoms with E-state index in [1.807, 2.05) is 24.8 Å². The lowest BCUT2D eigenvalue weighted by molar-refractivity contribution is -0.137. The third kappa shape index (κ3) is 6.37. The number of amides is 1. The minimum Gasteiger partial charge on any atom is -0.469 e. The minimum atomic E-state index is -4.39. The van der Waals surface area contributed by atoms with E-state index in [0.717, 1.165) is 56.5 Å². The van der Waals surface area contributed by atoms with Gasteiger partial charge in [0.15, 0.2) is 0 Å². The maximum absolute atomic E-state index is 13.3. The molecule has 2 aromatic heterocycles. The third-order valence-electron chi connectivity index (χ3n) is 8.75. The van der Waals surface area contributed by atoms with E-state index in [-0.39, 0.29) is 17.4 Å². The fourth-order valence-electron chi connectivity index (χ4n) is 6.16. The molecule has 0 bridgehead atoms. The molecule has 0 saturated carbocycles. The van der Waals surface area contributed by atoms with Gasteiger partial charge in [0, 0.05) is 36.8 Å². The van der Waals surface area contributed by atoms with Gasteiger partial charge >= 0.3 is 6.18 Å². The van der Waals surface area contributed by atoms with Crippen molar-refractivity contribution in [3.63, 3.8) is 0 Å². The standard InChI is InChI=1S/C31H36F3N5O2/c1-21-27(22(2)37-20-36-21)29(40)38-18-13-30(3,14-19-38)39-16-11-24(12-17-39)28(41-26-6-4-5-15-35-26)23-7-9-25(10-8-23)31(32,33)34/h4-10,15,20,24,28H,11-14,16-19H2,1-3H3. The maximum atomic E-state index is 13.3. The van der Waals surface area contributed by atoms with E-state index in [2.05, 4.69) is 26.8 Å². The van der Waals surface area contributed by atoms with E-state index in [0.29, 0.717) is 35.9 Å². The Balaban J connectivity index is 1.24. The van der Waals surface area contributed by atoms with Crippen LogP contribution in [0.25, 0.3) is 0 Å². The van der Waals surface area contributed by atoms with Crippen molar-refractivity contribution in [2.45, 2.75) is 64.3 Å². The first-order chi connectivity index (χ1) is 19.5. The van der Waals surface area contributed by atoms with Gasteiger partial charge in [0.25, 0.3) is 5.91 Å². The van der Waals surface area contributed by atoms with Crippen molar-refractivity contribution in [2.75, 3.05) is 26.2 Å². The number of rotatable bonds is 6. The Morgan fingerprint density at radius 1 is 0.951 bits per heavy atom. The number of aromatic nitrogens is 3. The number of piperidine rings is 2. The average Bonchev–Trinajstić information content (AvgIpc) is 2.96. The summed E-state index contributed by atoms with van der Waals surface area (Å²) in [5, 5.41) is 0. The van der Waals surface area contributed by atoms with Gasteiger partial charge in [0.2, 0.25) is 5.88 Å². The van der Waals surface area contributed by atoms with Gasteiger partial charge in [-0.05, 0) is 83.3 Å². The van der Waals surface area contributed by atoms with Gasteiger partial charge in [-0.3, -0.25) is 9.69 Å². The molecule has 218 valence electrons. The van der Waals surface area contributed by atoms with Crippen molar-refractivity contribution in [1.82, 2.24) is 24.8 Å². The molecule has 0 spiro atoms. The van der Waals surface area contributed by atoms with Crippen LogP contribution < -0.4 is 4.74 Å². The Bertz CT molecular complexity index is 1310. The van der Waals surface area contributed by atoms with E-state index < -0.39 is 17.8 Å². The summed E-state index contributed by atoms with van der Waals surface area (Å²) in [6.45, 7) is 8.99. The number of ether oxygens (including phenoxy) is 1. The largest absolute Gasteiger partial charge is 0.469 e. The molecule has 1 atom stereocenters. The molecule has 5 rings (SSSR count). The Morgan fingerprint density at radius 3 is 2.15 bits per heavy atom. The molecule has 2 aliphatic rings. The summed E-state index contributed by atoms with van der Waals surface area (Å²) in [5.41, 5.74) is 2.01. The first-order valence-corrected chi connectivity index (χ1v) is 14.1. The number of carbonyl (C=O) groups is 1. The smallest absolute Gasteiger partial charge is 0.416 e. The molecule has 0 radical (unpaired) electrons. The fourth-order valence-corrected chi connectivity index (χ4v) is 6.16. The maximum Gasteiger partial charge on any atom is 0.416 e. The highest BCUT2D eigenvalue weighted by molar-refractivity contribution is 5.96. The van der Waals surface area contributed by atoms with E-state index in [4.69, 9.17) is 4.74 Å². The predicted octanol–water partition coefficient (Wildman–Crippen LogP) is 6.03. The quantitative estimate of drug-likeness (QED) is 0.362. The lowest BCUT2D eigenvalue weighted by Gasteiger charge is -2.49. The van der Waals surface area contributed by atoms with Crippen molar-refractivity contribution in [2.24, 2.45) is 5.92 Å². The first kappa shape index (κ1) is 29.0. The van der Waals surface area contributed by atoms with Crippen molar-refractivity contribution in [3.8, 4) is 5.88 Å². The van der Waals surface area contributed by atoms with Gasteiger partial charge in [-0.15, -0.1) is 0 Å². The van der Waals surface area contributed by atoms with Gasteiger partial charge in [0.1, 0.15) is 12.4 Å². The van der Waals surface area contributed by atoms with Crippen LogP contribution in [0.3, 0.4) is 0 Å². The minimum absolute atomic E-state index is 0.00703. The zero-order chi connectivity index (χ0) is 29.2. The second kappa shape index (κ2) is 11.8. The molecule has 0 N–H and O–H groups in total. The van der Waals surface area contributed by atoms with E-state index in [9.17, 15) is 18.0 Å². The average molecular weight is 568 g/mol. The van der Waals surface area contributed by atoms with Gasteiger partial charge in [-0.25, -0.2) is 15.0 Å².